The molecule has 0 bridgehead atoms. The van der Waals surface area contributed by atoms with Crippen molar-refractivity contribution in [3.8, 4) is 0 Å². The minimum Gasteiger partial charge on any atom is -0.276 e. The van der Waals surface area contributed by atoms with E-state index in [9.17, 15) is 0 Å². The van der Waals surface area contributed by atoms with Gasteiger partial charge in [-0.3, -0.25) is 3.97 Å². The zero-order chi connectivity index (χ0) is 7.84. The second-order valence-electron chi connectivity index (χ2n) is 2.06. The van der Waals surface area contributed by atoms with Gasteiger partial charge in [-0.2, -0.15) is 0 Å². The van der Waals surface area contributed by atoms with Gasteiger partial charge in [-0.25, -0.2) is 9.97 Å². The summed E-state index contributed by atoms with van der Waals surface area (Å²) in [5.74, 6) is 0. The van der Waals surface area contributed by atoms with E-state index < -0.39 is 0 Å². The molecule has 0 unspecified atom stereocenters. The number of hydrogen-bond donors (Lipinski definition) is 1. The maximum Gasteiger partial charge on any atom is 0.168 e. The lowest BCUT2D eigenvalue weighted by atomic mass is 10.5. The molecule has 11 heavy (non-hydrogen) atoms. The predicted molar refractivity (Wildman–Crippen MR) is 49.6 cm³/mol. The Morgan fingerprint density at radius 2 is 2.36 bits per heavy atom. The molecule has 0 radical (unpaired) electrons. The summed E-state index contributed by atoms with van der Waals surface area (Å²) in [5, 5.41) is 0. The third-order valence-corrected chi connectivity index (χ3v) is 2.05. The van der Waals surface area contributed by atoms with Gasteiger partial charge in [0.2, 0.25) is 0 Å². The molecule has 5 heteroatoms. The third-order valence-electron chi connectivity index (χ3n) is 1.34. The van der Waals surface area contributed by atoms with Crippen molar-refractivity contribution in [1.82, 2.24) is 13.9 Å². The number of thiol groups is 1. The summed E-state index contributed by atoms with van der Waals surface area (Å²) >= 11 is 7.37. The summed E-state index contributed by atoms with van der Waals surface area (Å²) in [6.07, 6.45) is 3.45. The molecule has 0 saturated carbocycles. The van der Waals surface area contributed by atoms with E-state index in [4.69, 9.17) is 0 Å². The molecule has 0 aliphatic carbocycles. The Balaban J connectivity index is 2.86. The summed E-state index contributed by atoms with van der Waals surface area (Å²) in [6.45, 7) is 0. The van der Waals surface area contributed by atoms with E-state index in [2.05, 4.69) is 38.7 Å². The van der Waals surface area contributed by atoms with Crippen LogP contribution in [0, 0.1) is 0 Å². The summed E-state index contributed by atoms with van der Waals surface area (Å²) < 4.78 is 2.37. The standard InChI is InChI=1S/C6H4BrN3S/c7-5-3-8-6-4(9-5)1-2-10(6)11/h1-3,11H. The first-order valence-corrected chi connectivity index (χ1v) is 4.15. The van der Waals surface area contributed by atoms with E-state index in [1.807, 2.05) is 6.07 Å². The molecule has 0 aromatic carbocycles. The Bertz CT molecular complexity index is 398. The molecule has 0 fully saturated rings. The van der Waals surface area contributed by atoms with Gasteiger partial charge in [-0.1, -0.05) is 12.8 Å². The van der Waals surface area contributed by atoms with Crippen molar-refractivity contribution < 1.29 is 0 Å². The van der Waals surface area contributed by atoms with Gasteiger partial charge in [0.05, 0.1) is 6.20 Å². The minimum absolute atomic E-state index is 0.740. The van der Waals surface area contributed by atoms with Crippen molar-refractivity contribution in [3.05, 3.63) is 23.1 Å². The van der Waals surface area contributed by atoms with Gasteiger partial charge in [0.25, 0.3) is 0 Å². The van der Waals surface area contributed by atoms with E-state index >= 15 is 0 Å². The fourth-order valence-electron chi connectivity index (χ4n) is 0.875. The van der Waals surface area contributed by atoms with Gasteiger partial charge in [0, 0.05) is 6.20 Å². The molecule has 3 nitrogen and oxygen atoms in total. The Morgan fingerprint density at radius 3 is 3.18 bits per heavy atom. The molecule has 2 rings (SSSR count). The minimum atomic E-state index is 0.740. The highest BCUT2D eigenvalue weighted by Crippen LogP contribution is 2.14. The van der Waals surface area contributed by atoms with Crippen LogP contribution >= 0.6 is 28.7 Å². The first-order valence-electron chi connectivity index (χ1n) is 2.96. The lowest BCUT2D eigenvalue weighted by molar-refractivity contribution is 1.21. The second kappa shape index (κ2) is 2.49. The zero-order valence-electron chi connectivity index (χ0n) is 5.40. The highest BCUT2D eigenvalue weighted by molar-refractivity contribution is 9.10. The monoisotopic (exact) mass is 229 g/mol. The Hall–Kier alpha value is -0.550. The van der Waals surface area contributed by atoms with Crippen LogP contribution in [0.15, 0.2) is 23.1 Å². The van der Waals surface area contributed by atoms with Crippen LogP contribution in [0.2, 0.25) is 0 Å². The molecule has 0 saturated heterocycles. The van der Waals surface area contributed by atoms with E-state index in [1.54, 1.807) is 16.4 Å². The number of nitrogens with zero attached hydrogens (tertiary/aromatic N) is 3. The molecule has 0 aliphatic heterocycles. The largest absolute Gasteiger partial charge is 0.276 e. The number of aromatic nitrogens is 3. The zero-order valence-corrected chi connectivity index (χ0v) is 7.88. The van der Waals surface area contributed by atoms with Crippen LogP contribution in [0.4, 0.5) is 0 Å². The van der Waals surface area contributed by atoms with Crippen LogP contribution in [0.25, 0.3) is 11.2 Å². The molecule has 0 spiro atoms. The van der Waals surface area contributed by atoms with Crippen molar-refractivity contribution in [1.29, 1.82) is 0 Å². The molecule has 56 valence electrons. The maximum absolute atomic E-state index is 4.18. The van der Waals surface area contributed by atoms with E-state index in [1.165, 1.54) is 0 Å². The SMILES string of the molecule is Sn1ccc2nc(Br)cnc21. The molecular formula is C6H4BrN3S. The lowest BCUT2D eigenvalue weighted by Crippen LogP contribution is -1.84. The smallest absolute Gasteiger partial charge is 0.168 e. The highest BCUT2D eigenvalue weighted by atomic mass is 79.9. The Kier molecular flexibility index (Phi) is 1.61. The van der Waals surface area contributed by atoms with Crippen molar-refractivity contribution in [2.75, 3.05) is 0 Å². The lowest BCUT2D eigenvalue weighted by Gasteiger charge is -1.92. The average Bonchev–Trinajstić information content (AvgIpc) is 2.32. The second-order valence-corrected chi connectivity index (χ2v) is 3.31. The summed E-state index contributed by atoms with van der Waals surface area (Å²) in [7, 11) is 0. The van der Waals surface area contributed by atoms with Gasteiger partial charge in [0.1, 0.15) is 10.1 Å². The fraction of sp³-hybridized carbons (Fsp3) is 0. The Morgan fingerprint density at radius 1 is 1.55 bits per heavy atom. The van der Waals surface area contributed by atoms with Crippen molar-refractivity contribution in [2.45, 2.75) is 0 Å². The maximum atomic E-state index is 4.18. The molecule has 2 aromatic rings. The molecule has 0 atom stereocenters. The molecule has 0 aliphatic rings. The topological polar surface area (TPSA) is 30.7 Å². The average molecular weight is 230 g/mol. The van der Waals surface area contributed by atoms with Crippen LogP contribution in [0.3, 0.4) is 0 Å². The Labute approximate surface area is 77.1 Å². The van der Waals surface area contributed by atoms with Gasteiger partial charge >= 0.3 is 0 Å². The van der Waals surface area contributed by atoms with Gasteiger partial charge in [-0.15, -0.1) is 0 Å². The molecule has 0 N–H and O–H groups in total. The highest BCUT2D eigenvalue weighted by Gasteiger charge is 2.00. The fourth-order valence-corrected chi connectivity index (χ4v) is 1.39. The van der Waals surface area contributed by atoms with Crippen LogP contribution in [-0.4, -0.2) is 13.9 Å². The number of rotatable bonds is 0. The number of fused-ring (bicyclic) bond motifs is 1. The van der Waals surface area contributed by atoms with Gasteiger partial charge in [-0.05, 0) is 22.0 Å². The quantitative estimate of drug-likeness (QED) is 0.700. The van der Waals surface area contributed by atoms with Crippen LogP contribution < -0.4 is 0 Å². The molecule has 2 heterocycles. The summed E-state index contributed by atoms with van der Waals surface area (Å²) in [5.41, 5.74) is 1.62. The molecule has 2 aromatic heterocycles. The molecule has 0 amide bonds. The van der Waals surface area contributed by atoms with Crippen LogP contribution in [-0.2, 0) is 0 Å². The van der Waals surface area contributed by atoms with E-state index in [0.717, 1.165) is 15.8 Å². The van der Waals surface area contributed by atoms with Crippen LogP contribution in [0.5, 0.6) is 0 Å². The number of hydrogen-bond acceptors (Lipinski definition) is 3. The van der Waals surface area contributed by atoms with Crippen molar-refractivity contribution in [2.24, 2.45) is 0 Å². The van der Waals surface area contributed by atoms with Crippen LogP contribution in [0.1, 0.15) is 0 Å². The van der Waals surface area contributed by atoms with Gasteiger partial charge < -0.3 is 0 Å². The number of halogens is 1. The summed E-state index contributed by atoms with van der Waals surface area (Å²) in [6, 6.07) is 1.86. The third kappa shape index (κ3) is 1.14. The molecular weight excluding hydrogens is 226 g/mol. The first kappa shape index (κ1) is 7.12. The van der Waals surface area contributed by atoms with Gasteiger partial charge in [0.15, 0.2) is 5.65 Å². The normalized spacial score (nSPS) is 10.7. The van der Waals surface area contributed by atoms with E-state index in [-0.39, 0.29) is 0 Å². The van der Waals surface area contributed by atoms with Crippen molar-refractivity contribution in [3.63, 3.8) is 0 Å². The predicted octanol–water partition coefficient (Wildman–Crippen LogP) is 1.89. The van der Waals surface area contributed by atoms with Crippen molar-refractivity contribution >= 4 is 39.9 Å². The first-order chi connectivity index (χ1) is 5.27. The van der Waals surface area contributed by atoms with E-state index in [0.29, 0.717) is 0 Å². The summed E-state index contributed by atoms with van der Waals surface area (Å²) in [4.78, 5) is 8.30.